The Labute approximate surface area is 129 Å². The monoisotopic (exact) mass is 323 g/mol. The van der Waals surface area contributed by atoms with Crippen LogP contribution in [0.15, 0.2) is 29.2 Å². The van der Waals surface area contributed by atoms with Crippen LogP contribution in [0.2, 0.25) is 0 Å². The van der Waals surface area contributed by atoms with E-state index in [4.69, 9.17) is 0 Å². The van der Waals surface area contributed by atoms with Crippen molar-refractivity contribution in [2.75, 3.05) is 4.72 Å². The van der Waals surface area contributed by atoms with Crippen LogP contribution in [0.3, 0.4) is 0 Å². The standard InChI is InChI=1S/C16H18FNO3S/c1-9-7-10(2)12(4)16(11(9)3)22(20,21)18-15-6-5-13(19)8-14(15)17/h5-8,18-19H,1-4H3. The van der Waals surface area contributed by atoms with Crippen LogP contribution in [0, 0.1) is 33.5 Å². The fourth-order valence-electron chi connectivity index (χ4n) is 2.37. The predicted octanol–water partition coefficient (Wildman–Crippen LogP) is 3.57. The van der Waals surface area contributed by atoms with Crippen molar-refractivity contribution in [3.8, 4) is 5.75 Å². The Kier molecular flexibility index (Phi) is 4.15. The van der Waals surface area contributed by atoms with Gasteiger partial charge in [-0.3, -0.25) is 4.72 Å². The van der Waals surface area contributed by atoms with E-state index >= 15 is 0 Å². The Balaban J connectivity index is 2.57. The second kappa shape index (κ2) is 5.61. The highest BCUT2D eigenvalue weighted by molar-refractivity contribution is 7.92. The fourth-order valence-corrected chi connectivity index (χ4v) is 4.05. The number of rotatable bonds is 3. The molecule has 0 fully saturated rings. The molecule has 0 aliphatic rings. The molecule has 4 nitrogen and oxygen atoms in total. The molecule has 0 radical (unpaired) electrons. The first kappa shape index (κ1) is 16.3. The number of benzene rings is 2. The van der Waals surface area contributed by atoms with Gasteiger partial charge in [0, 0.05) is 6.07 Å². The van der Waals surface area contributed by atoms with E-state index in [1.165, 1.54) is 12.1 Å². The number of halogens is 1. The lowest BCUT2D eigenvalue weighted by atomic mass is 10.0. The quantitative estimate of drug-likeness (QED) is 0.849. The molecular formula is C16H18FNO3S. The first-order valence-corrected chi connectivity index (χ1v) is 8.20. The Hall–Kier alpha value is -2.08. The minimum absolute atomic E-state index is 0.164. The van der Waals surface area contributed by atoms with Crippen molar-refractivity contribution in [2.45, 2.75) is 32.6 Å². The number of nitrogens with one attached hydrogen (secondary N) is 1. The summed E-state index contributed by atoms with van der Waals surface area (Å²) in [6.45, 7) is 7.12. The van der Waals surface area contributed by atoms with Crippen molar-refractivity contribution in [1.29, 1.82) is 0 Å². The Morgan fingerprint density at radius 2 is 1.55 bits per heavy atom. The van der Waals surface area contributed by atoms with E-state index in [2.05, 4.69) is 4.72 Å². The van der Waals surface area contributed by atoms with Crippen molar-refractivity contribution >= 4 is 15.7 Å². The molecule has 118 valence electrons. The lowest BCUT2D eigenvalue weighted by molar-refractivity contribution is 0.469. The molecule has 0 heterocycles. The molecule has 22 heavy (non-hydrogen) atoms. The van der Waals surface area contributed by atoms with E-state index in [0.717, 1.165) is 17.2 Å². The highest BCUT2D eigenvalue weighted by Gasteiger charge is 2.23. The summed E-state index contributed by atoms with van der Waals surface area (Å²) in [5.41, 5.74) is 2.78. The largest absolute Gasteiger partial charge is 0.508 e. The molecule has 2 aromatic rings. The number of hydrogen-bond acceptors (Lipinski definition) is 3. The van der Waals surface area contributed by atoms with Crippen molar-refractivity contribution in [3.05, 3.63) is 52.3 Å². The number of sulfonamides is 1. The number of phenols is 1. The van der Waals surface area contributed by atoms with Gasteiger partial charge in [-0.1, -0.05) is 6.07 Å². The fraction of sp³-hybridized carbons (Fsp3) is 0.250. The minimum Gasteiger partial charge on any atom is -0.508 e. The highest BCUT2D eigenvalue weighted by atomic mass is 32.2. The van der Waals surface area contributed by atoms with E-state index in [1.807, 2.05) is 19.9 Å². The Bertz CT molecular complexity index is 819. The Morgan fingerprint density at radius 1 is 1.00 bits per heavy atom. The second-order valence-corrected chi connectivity index (χ2v) is 6.98. The van der Waals surface area contributed by atoms with Gasteiger partial charge in [0.1, 0.15) is 5.75 Å². The summed E-state index contributed by atoms with van der Waals surface area (Å²) in [6.07, 6.45) is 0. The molecule has 0 amide bonds. The van der Waals surface area contributed by atoms with Crippen molar-refractivity contribution in [2.24, 2.45) is 0 Å². The second-order valence-electron chi connectivity index (χ2n) is 5.36. The van der Waals surface area contributed by atoms with Crippen LogP contribution in [-0.2, 0) is 10.0 Å². The van der Waals surface area contributed by atoms with Gasteiger partial charge < -0.3 is 5.11 Å². The van der Waals surface area contributed by atoms with Gasteiger partial charge in [-0.25, -0.2) is 12.8 Å². The van der Waals surface area contributed by atoms with Crippen molar-refractivity contribution < 1.29 is 17.9 Å². The average Bonchev–Trinajstić information content (AvgIpc) is 2.40. The third-order valence-electron chi connectivity index (χ3n) is 3.76. The number of aromatic hydroxyl groups is 1. The maximum Gasteiger partial charge on any atom is 0.262 e. The summed E-state index contributed by atoms with van der Waals surface area (Å²) in [7, 11) is -3.93. The molecule has 0 saturated carbocycles. The molecule has 0 bridgehead atoms. The van der Waals surface area contributed by atoms with E-state index in [1.54, 1.807) is 13.8 Å². The summed E-state index contributed by atoms with van der Waals surface area (Å²) in [4.78, 5) is 0.164. The number of hydrogen-bond donors (Lipinski definition) is 2. The summed E-state index contributed by atoms with van der Waals surface area (Å²) < 4.78 is 41.3. The summed E-state index contributed by atoms with van der Waals surface area (Å²) in [5, 5.41) is 9.20. The minimum atomic E-state index is -3.93. The summed E-state index contributed by atoms with van der Waals surface area (Å²) in [5.74, 6) is -1.09. The van der Waals surface area contributed by atoms with Crippen LogP contribution in [-0.4, -0.2) is 13.5 Å². The molecule has 0 saturated heterocycles. The molecule has 0 spiro atoms. The highest BCUT2D eigenvalue weighted by Crippen LogP contribution is 2.29. The molecule has 2 aromatic carbocycles. The smallest absolute Gasteiger partial charge is 0.262 e. The zero-order valence-corrected chi connectivity index (χ0v) is 13.7. The normalized spacial score (nSPS) is 11.5. The third-order valence-corrected chi connectivity index (χ3v) is 5.40. The molecule has 2 N–H and O–H groups in total. The zero-order chi connectivity index (χ0) is 16.7. The third kappa shape index (κ3) is 2.92. The van der Waals surface area contributed by atoms with Crippen molar-refractivity contribution in [3.63, 3.8) is 0 Å². The molecule has 2 rings (SSSR count). The van der Waals surface area contributed by atoms with Gasteiger partial charge in [0.25, 0.3) is 10.0 Å². The molecular weight excluding hydrogens is 305 g/mol. The van der Waals surface area contributed by atoms with E-state index in [9.17, 15) is 17.9 Å². The van der Waals surface area contributed by atoms with E-state index in [0.29, 0.717) is 11.1 Å². The first-order chi connectivity index (χ1) is 10.1. The van der Waals surface area contributed by atoms with Crippen LogP contribution in [0.4, 0.5) is 10.1 Å². The van der Waals surface area contributed by atoms with Gasteiger partial charge in [0.2, 0.25) is 0 Å². The van der Waals surface area contributed by atoms with E-state index in [-0.39, 0.29) is 16.3 Å². The maximum atomic E-state index is 13.8. The van der Waals surface area contributed by atoms with Crippen LogP contribution in [0.1, 0.15) is 22.3 Å². The van der Waals surface area contributed by atoms with Crippen LogP contribution in [0.5, 0.6) is 5.75 Å². The van der Waals surface area contributed by atoms with Gasteiger partial charge in [-0.2, -0.15) is 0 Å². The van der Waals surface area contributed by atoms with E-state index < -0.39 is 15.8 Å². The first-order valence-electron chi connectivity index (χ1n) is 6.72. The molecule has 0 aromatic heterocycles. The van der Waals surface area contributed by atoms with Gasteiger partial charge in [0.15, 0.2) is 5.82 Å². The average molecular weight is 323 g/mol. The maximum absolute atomic E-state index is 13.8. The number of aryl methyl sites for hydroxylation is 2. The van der Waals surface area contributed by atoms with Crippen LogP contribution in [0.25, 0.3) is 0 Å². The number of anilines is 1. The molecule has 0 aliphatic carbocycles. The summed E-state index contributed by atoms with van der Waals surface area (Å²) in [6, 6.07) is 5.20. The van der Waals surface area contributed by atoms with Crippen LogP contribution < -0.4 is 4.72 Å². The van der Waals surface area contributed by atoms with Gasteiger partial charge in [0.05, 0.1) is 10.6 Å². The molecule has 0 atom stereocenters. The van der Waals surface area contributed by atoms with Gasteiger partial charge in [-0.05, 0) is 62.1 Å². The summed E-state index contributed by atoms with van der Waals surface area (Å²) >= 11 is 0. The SMILES string of the molecule is Cc1cc(C)c(C)c(S(=O)(=O)Nc2ccc(O)cc2F)c1C. The van der Waals surface area contributed by atoms with Gasteiger partial charge >= 0.3 is 0 Å². The molecule has 0 unspecified atom stereocenters. The molecule has 0 aliphatic heterocycles. The zero-order valence-electron chi connectivity index (χ0n) is 12.9. The van der Waals surface area contributed by atoms with Crippen LogP contribution >= 0.6 is 0 Å². The lowest BCUT2D eigenvalue weighted by Crippen LogP contribution is -2.17. The number of phenolic OH excluding ortho intramolecular Hbond substituents is 1. The van der Waals surface area contributed by atoms with Crippen molar-refractivity contribution in [1.82, 2.24) is 0 Å². The Morgan fingerprint density at radius 3 is 2.05 bits per heavy atom. The molecule has 6 heteroatoms. The predicted molar refractivity (Wildman–Crippen MR) is 84.3 cm³/mol. The topological polar surface area (TPSA) is 66.4 Å². The van der Waals surface area contributed by atoms with Gasteiger partial charge in [-0.15, -0.1) is 0 Å². The lowest BCUT2D eigenvalue weighted by Gasteiger charge is -2.17.